The van der Waals surface area contributed by atoms with Crippen molar-refractivity contribution < 1.29 is 9.21 Å². The summed E-state index contributed by atoms with van der Waals surface area (Å²) in [4.78, 5) is 25.8. The Morgan fingerprint density at radius 1 is 1.16 bits per heavy atom. The average Bonchev–Trinajstić information content (AvgIpc) is 3.26. The minimum Gasteiger partial charge on any atom is -0.419 e. The van der Waals surface area contributed by atoms with E-state index in [2.05, 4.69) is 25.1 Å². The Labute approximate surface area is 186 Å². The van der Waals surface area contributed by atoms with Crippen LogP contribution in [0.4, 0.5) is 5.95 Å². The van der Waals surface area contributed by atoms with Gasteiger partial charge in [-0.3, -0.25) is 4.79 Å². The molecule has 162 valence electrons. The predicted molar refractivity (Wildman–Crippen MR) is 117 cm³/mol. The topological polar surface area (TPSA) is 88.3 Å². The molecule has 1 aromatic carbocycles. The molecule has 1 fully saturated rings. The second-order valence-electron chi connectivity index (χ2n) is 7.85. The molecule has 2 aromatic heterocycles. The Kier molecular flexibility index (Phi) is 6.46. The zero-order chi connectivity index (χ0) is 21.8. The number of aromatic nitrogens is 4. The first-order valence-electron chi connectivity index (χ1n) is 10.4. The summed E-state index contributed by atoms with van der Waals surface area (Å²) in [5.74, 6) is 1.53. The van der Waals surface area contributed by atoms with Crippen LogP contribution < -0.4 is 4.90 Å². The Bertz CT molecular complexity index is 1020. The molecule has 3 aromatic rings. The first-order valence-corrected chi connectivity index (χ1v) is 10.8. The fourth-order valence-corrected chi connectivity index (χ4v) is 3.95. The number of hydrogen-bond acceptors (Lipinski definition) is 7. The van der Waals surface area contributed by atoms with Gasteiger partial charge < -0.3 is 14.2 Å². The number of anilines is 1. The van der Waals surface area contributed by atoms with Crippen LogP contribution in [0.3, 0.4) is 0 Å². The molecule has 1 amide bonds. The SMILES string of the molecule is CC(C)N(Cc1nnc(-c2ccccc2Cl)o1)C(=O)C1CCN(c2ncccn2)CC1. The van der Waals surface area contributed by atoms with Crippen LogP contribution in [0.15, 0.2) is 47.1 Å². The zero-order valence-corrected chi connectivity index (χ0v) is 18.4. The Balaban J connectivity index is 1.41. The van der Waals surface area contributed by atoms with Crippen molar-refractivity contribution in [2.24, 2.45) is 5.92 Å². The molecule has 0 atom stereocenters. The summed E-state index contributed by atoms with van der Waals surface area (Å²) in [6.45, 7) is 5.77. The summed E-state index contributed by atoms with van der Waals surface area (Å²) < 4.78 is 5.82. The molecule has 9 heteroatoms. The number of amides is 1. The van der Waals surface area contributed by atoms with Crippen molar-refractivity contribution in [3.63, 3.8) is 0 Å². The molecule has 0 unspecified atom stereocenters. The van der Waals surface area contributed by atoms with Crippen LogP contribution in [0, 0.1) is 5.92 Å². The Morgan fingerprint density at radius 2 is 1.87 bits per heavy atom. The quantitative estimate of drug-likeness (QED) is 0.575. The van der Waals surface area contributed by atoms with Gasteiger partial charge in [-0.25, -0.2) is 9.97 Å². The third kappa shape index (κ3) is 4.85. The maximum absolute atomic E-state index is 13.3. The van der Waals surface area contributed by atoms with E-state index in [0.29, 0.717) is 28.3 Å². The molecule has 3 heterocycles. The van der Waals surface area contributed by atoms with E-state index >= 15 is 0 Å². The molecule has 1 aliphatic rings. The van der Waals surface area contributed by atoms with Gasteiger partial charge in [0.1, 0.15) is 0 Å². The summed E-state index contributed by atoms with van der Waals surface area (Å²) in [5, 5.41) is 8.80. The summed E-state index contributed by atoms with van der Waals surface area (Å²) in [6.07, 6.45) is 4.99. The maximum atomic E-state index is 13.3. The summed E-state index contributed by atoms with van der Waals surface area (Å²) in [7, 11) is 0. The minimum atomic E-state index is -0.0479. The molecule has 1 aliphatic heterocycles. The van der Waals surface area contributed by atoms with Crippen molar-refractivity contribution in [1.82, 2.24) is 25.1 Å². The fraction of sp³-hybridized carbons (Fsp3) is 0.409. The van der Waals surface area contributed by atoms with Gasteiger partial charge in [0.2, 0.25) is 23.6 Å². The number of piperidine rings is 1. The summed E-state index contributed by atoms with van der Waals surface area (Å²) in [5.41, 5.74) is 0.681. The third-order valence-corrected chi connectivity index (χ3v) is 5.79. The van der Waals surface area contributed by atoms with E-state index in [-0.39, 0.29) is 24.4 Å². The lowest BCUT2D eigenvalue weighted by Gasteiger charge is -2.35. The molecule has 0 bridgehead atoms. The average molecular weight is 441 g/mol. The van der Waals surface area contributed by atoms with Crippen molar-refractivity contribution in [3.05, 3.63) is 53.6 Å². The molecule has 0 aliphatic carbocycles. The molecule has 1 saturated heterocycles. The van der Waals surface area contributed by atoms with Gasteiger partial charge in [-0.05, 0) is 44.9 Å². The van der Waals surface area contributed by atoms with Gasteiger partial charge in [0, 0.05) is 37.4 Å². The van der Waals surface area contributed by atoms with Crippen molar-refractivity contribution in [1.29, 1.82) is 0 Å². The van der Waals surface area contributed by atoms with Crippen LogP contribution in [0.25, 0.3) is 11.5 Å². The number of halogens is 1. The number of hydrogen-bond donors (Lipinski definition) is 0. The van der Waals surface area contributed by atoms with Crippen molar-refractivity contribution in [3.8, 4) is 11.5 Å². The molecular weight excluding hydrogens is 416 g/mol. The van der Waals surface area contributed by atoms with Gasteiger partial charge in [0.25, 0.3) is 0 Å². The number of rotatable bonds is 6. The van der Waals surface area contributed by atoms with Crippen LogP contribution in [0.5, 0.6) is 0 Å². The van der Waals surface area contributed by atoms with Crippen molar-refractivity contribution in [2.45, 2.75) is 39.3 Å². The summed E-state index contributed by atoms with van der Waals surface area (Å²) in [6, 6.07) is 9.12. The number of carbonyl (C=O) groups is 1. The standard InChI is InChI=1S/C22H25ClN6O2/c1-15(2)29(14-19-26-27-20(31-19)17-6-3-4-7-18(17)23)21(30)16-8-12-28(13-9-16)22-24-10-5-11-25-22/h3-7,10-11,15-16H,8-9,12-14H2,1-2H3. The van der Waals surface area contributed by atoms with E-state index in [9.17, 15) is 4.79 Å². The smallest absolute Gasteiger partial charge is 0.249 e. The van der Waals surface area contributed by atoms with Crippen LogP contribution in [-0.2, 0) is 11.3 Å². The summed E-state index contributed by atoms with van der Waals surface area (Å²) >= 11 is 6.23. The highest BCUT2D eigenvalue weighted by molar-refractivity contribution is 6.33. The Morgan fingerprint density at radius 3 is 2.55 bits per heavy atom. The lowest BCUT2D eigenvalue weighted by Crippen LogP contribution is -2.45. The van der Waals surface area contributed by atoms with Crippen LogP contribution in [0.2, 0.25) is 5.02 Å². The largest absolute Gasteiger partial charge is 0.419 e. The highest BCUT2D eigenvalue weighted by Crippen LogP contribution is 2.27. The normalized spacial score (nSPS) is 14.8. The zero-order valence-electron chi connectivity index (χ0n) is 17.6. The molecule has 8 nitrogen and oxygen atoms in total. The third-order valence-electron chi connectivity index (χ3n) is 5.46. The first kappa shape index (κ1) is 21.2. The highest BCUT2D eigenvalue weighted by atomic mass is 35.5. The van der Waals surface area contributed by atoms with Crippen molar-refractivity contribution in [2.75, 3.05) is 18.0 Å². The van der Waals surface area contributed by atoms with Gasteiger partial charge in [0.05, 0.1) is 17.1 Å². The molecule has 0 saturated carbocycles. The van der Waals surface area contributed by atoms with Gasteiger partial charge in [-0.1, -0.05) is 23.7 Å². The van der Waals surface area contributed by atoms with Crippen LogP contribution >= 0.6 is 11.6 Å². The number of nitrogens with zero attached hydrogens (tertiary/aromatic N) is 6. The van der Waals surface area contributed by atoms with Gasteiger partial charge in [-0.2, -0.15) is 0 Å². The lowest BCUT2D eigenvalue weighted by molar-refractivity contribution is -0.139. The van der Waals surface area contributed by atoms with E-state index < -0.39 is 0 Å². The van der Waals surface area contributed by atoms with Crippen LogP contribution in [-0.4, -0.2) is 50.1 Å². The first-order chi connectivity index (χ1) is 15.0. The lowest BCUT2D eigenvalue weighted by atomic mass is 9.95. The molecule has 0 radical (unpaired) electrons. The molecular formula is C22H25ClN6O2. The molecule has 4 rings (SSSR count). The van der Waals surface area contributed by atoms with Gasteiger partial charge in [-0.15, -0.1) is 10.2 Å². The van der Waals surface area contributed by atoms with E-state index in [0.717, 1.165) is 25.9 Å². The van der Waals surface area contributed by atoms with E-state index in [4.69, 9.17) is 16.0 Å². The molecule has 31 heavy (non-hydrogen) atoms. The fourth-order valence-electron chi connectivity index (χ4n) is 3.74. The second kappa shape index (κ2) is 9.43. The van der Waals surface area contributed by atoms with Crippen LogP contribution in [0.1, 0.15) is 32.6 Å². The van der Waals surface area contributed by atoms with E-state index in [1.54, 1.807) is 24.5 Å². The minimum absolute atomic E-state index is 0.0126. The van der Waals surface area contributed by atoms with Crippen molar-refractivity contribution >= 4 is 23.5 Å². The van der Waals surface area contributed by atoms with E-state index in [1.807, 2.05) is 36.9 Å². The molecule has 0 N–H and O–H groups in total. The Hall–Kier alpha value is -3.00. The maximum Gasteiger partial charge on any atom is 0.249 e. The number of benzene rings is 1. The molecule has 0 spiro atoms. The monoisotopic (exact) mass is 440 g/mol. The highest BCUT2D eigenvalue weighted by Gasteiger charge is 2.31. The van der Waals surface area contributed by atoms with Gasteiger partial charge >= 0.3 is 0 Å². The van der Waals surface area contributed by atoms with E-state index in [1.165, 1.54) is 0 Å². The second-order valence-corrected chi connectivity index (χ2v) is 8.26. The number of carbonyl (C=O) groups excluding carboxylic acids is 1. The predicted octanol–water partition coefficient (Wildman–Crippen LogP) is 3.83. The van der Waals surface area contributed by atoms with Gasteiger partial charge in [0.15, 0.2) is 0 Å².